The quantitative estimate of drug-likeness (QED) is 0.188. The first-order valence-electron chi connectivity index (χ1n) is 14.5. The Labute approximate surface area is 247 Å². The summed E-state index contributed by atoms with van der Waals surface area (Å²) in [4.78, 5) is 46.4. The number of ether oxygens (including phenoxy) is 1. The molecule has 0 spiro atoms. The van der Waals surface area contributed by atoms with Crippen LogP contribution < -0.4 is 10.1 Å². The summed E-state index contributed by atoms with van der Waals surface area (Å²) in [6, 6.07) is 14.3. The molecular formula is C32H38N6O4. The standard InChI is InChI=1S/C32H38N6O4/c1-4-25-12-8-18-37(25)32(41)29(22(2)3)34-30(39)28-13-9-19-38(28)31(40)27(35-36-33)20-23-14-16-26(17-15-23)42-21-24-10-6-5-7-11-24/h1,5-7,10-11,14-17,22,25,27-29H,8-9,12-13,18-21H2,2-3H3,(H,34,39)/t25-,27-,28-,29-/m0/s1. The molecule has 0 bridgehead atoms. The summed E-state index contributed by atoms with van der Waals surface area (Å²) in [6.07, 6.45) is 8.48. The summed E-state index contributed by atoms with van der Waals surface area (Å²) >= 11 is 0. The summed E-state index contributed by atoms with van der Waals surface area (Å²) in [7, 11) is 0. The van der Waals surface area contributed by atoms with Crippen molar-refractivity contribution in [1.29, 1.82) is 0 Å². The zero-order valence-corrected chi connectivity index (χ0v) is 24.2. The molecule has 4 rings (SSSR count). The van der Waals surface area contributed by atoms with E-state index < -0.39 is 24.0 Å². The van der Waals surface area contributed by atoms with Gasteiger partial charge in [-0.05, 0) is 66.8 Å². The van der Waals surface area contributed by atoms with Crippen molar-refractivity contribution in [3.8, 4) is 18.1 Å². The summed E-state index contributed by atoms with van der Waals surface area (Å²) in [5.74, 6) is 2.20. The van der Waals surface area contributed by atoms with E-state index in [1.54, 1.807) is 4.90 Å². The number of hydrogen-bond acceptors (Lipinski definition) is 5. The molecule has 10 nitrogen and oxygen atoms in total. The number of azide groups is 1. The van der Waals surface area contributed by atoms with Crippen LogP contribution in [-0.4, -0.2) is 64.8 Å². The van der Waals surface area contributed by atoms with Gasteiger partial charge in [0.2, 0.25) is 17.7 Å². The van der Waals surface area contributed by atoms with Crippen LogP contribution >= 0.6 is 0 Å². The SMILES string of the molecule is C#C[C@H]1CCCN1C(=O)[C@@H](NC(=O)[C@@H]1CCCN1C(=O)[C@H](Cc1ccc(OCc2ccccc2)cc1)N=[N+]=[N-])C(C)C. The van der Waals surface area contributed by atoms with Crippen molar-refractivity contribution in [3.05, 3.63) is 76.2 Å². The molecule has 1 N–H and O–H groups in total. The molecule has 4 atom stereocenters. The molecule has 2 fully saturated rings. The van der Waals surface area contributed by atoms with Crippen LogP contribution in [0.1, 0.15) is 50.7 Å². The molecule has 0 unspecified atom stereocenters. The first-order valence-corrected chi connectivity index (χ1v) is 14.5. The Kier molecular flexibility index (Phi) is 10.5. The maximum absolute atomic E-state index is 13.6. The molecule has 2 aliphatic heterocycles. The fourth-order valence-electron chi connectivity index (χ4n) is 5.57. The number of nitrogens with one attached hydrogen (secondary N) is 1. The Morgan fingerprint density at radius 1 is 1.02 bits per heavy atom. The second-order valence-electron chi connectivity index (χ2n) is 11.1. The molecule has 2 saturated heterocycles. The molecule has 42 heavy (non-hydrogen) atoms. The van der Waals surface area contributed by atoms with Gasteiger partial charge in [-0.2, -0.15) is 0 Å². The Bertz CT molecular complexity index is 1330. The lowest BCUT2D eigenvalue weighted by atomic mass is 10.0. The maximum Gasteiger partial charge on any atom is 0.246 e. The Balaban J connectivity index is 1.40. The molecule has 0 saturated carbocycles. The van der Waals surface area contributed by atoms with E-state index in [0.717, 1.165) is 24.0 Å². The molecule has 10 heteroatoms. The zero-order valence-electron chi connectivity index (χ0n) is 24.2. The molecule has 2 heterocycles. The van der Waals surface area contributed by atoms with E-state index in [2.05, 4.69) is 21.3 Å². The van der Waals surface area contributed by atoms with Crippen LogP contribution in [0.25, 0.3) is 10.4 Å². The van der Waals surface area contributed by atoms with Gasteiger partial charge in [0.1, 0.15) is 30.5 Å². The summed E-state index contributed by atoms with van der Waals surface area (Å²) in [6.45, 7) is 5.11. The van der Waals surface area contributed by atoms with E-state index in [1.165, 1.54) is 4.90 Å². The second kappa shape index (κ2) is 14.4. The van der Waals surface area contributed by atoms with E-state index in [1.807, 2.05) is 68.4 Å². The highest BCUT2D eigenvalue weighted by molar-refractivity contribution is 5.94. The number of carbonyl (C=O) groups excluding carboxylic acids is 3. The third-order valence-electron chi connectivity index (χ3n) is 7.87. The fraction of sp³-hybridized carbons (Fsp3) is 0.469. The van der Waals surface area contributed by atoms with Gasteiger partial charge in [-0.3, -0.25) is 14.4 Å². The van der Waals surface area contributed by atoms with Crippen LogP contribution in [0, 0.1) is 18.3 Å². The molecule has 2 aromatic carbocycles. The van der Waals surface area contributed by atoms with E-state index >= 15 is 0 Å². The number of nitrogens with zero attached hydrogens (tertiary/aromatic N) is 5. The minimum Gasteiger partial charge on any atom is -0.489 e. The molecular weight excluding hydrogens is 532 g/mol. The van der Waals surface area contributed by atoms with E-state index in [9.17, 15) is 19.9 Å². The van der Waals surface area contributed by atoms with Crippen LogP contribution in [0.5, 0.6) is 5.75 Å². The molecule has 2 aromatic rings. The van der Waals surface area contributed by atoms with Gasteiger partial charge in [-0.15, -0.1) is 6.42 Å². The molecule has 0 aromatic heterocycles. The predicted molar refractivity (Wildman–Crippen MR) is 159 cm³/mol. The number of terminal acetylenes is 1. The highest BCUT2D eigenvalue weighted by atomic mass is 16.5. The van der Waals surface area contributed by atoms with Gasteiger partial charge in [0.25, 0.3) is 0 Å². The average Bonchev–Trinajstić information content (AvgIpc) is 3.69. The fourth-order valence-corrected chi connectivity index (χ4v) is 5.57. The van der Waals surface area contributed by atoms with Gasteiger partial charge in [0.05, 0.1) is 6.04 Å². The van der Waals surface area contributed by atoms with Crippen molar-refractivity contribution in [2.45, 2.75) is 76.7 Å². The van der Waals surface area contributed by atoms with Crippen LogP contribution in [-0.2, 0) is 27.4 Å². The third-order valence-corrected chi connectivity index (χ3v) is 7.87. The zero-order chi connectivity index (χ0) is 30.1. The summed E-state index contributed by atoms with van der Waals surface area (Å²) in [5, 5.41) is 6.70. The van der Waals surface area contributed by atoms with Gasteiger partial charge in [-0.25, -0.2) is 0 Å². The Morgan fingerprint density at radius 2 is 1.71 bits per heavy atom. The largest absolute Gasteiger partial charge is 0.489 e. The monoisotopic (exact) mass is 570 g/mol. The Morgan fingerprint density at radius 3 is 2.38 bits per heavy atom. The number of amides is 3. The van der Waals surface area contributed by atoms with Gasteiger partial charge >= 0.3 is 0 Å². The highest BCUT2D eigenvalue weighted by Gasteiger charge is 2.40. The first kappa shape index (κ1) is 30.5. The minimum atomic E-state index is -1.01. The maximum atomic E-state index is 13.6. The van der Waals surface area contributed by atoms with Crippen LogP contribution in [0.15, 0.2) is 59.7 Å². The molecule has 2 aliphatic rings. The lowest BCUT2D eigenvalue weighted by molar-refractivity contribution is -0.142. The lowest BCUT2D eigenvalue weighted by Crippen LogP contribution is -2.57. The predicted octanol–water partition coefficient (Wildman–Crippen LogP) is 4.24. The van der Waals surface area contributed by atoms with Crippen molar-refractivity contribution in [2.75, 3.05) is 13.1 Å². The minimum absolute atomic E-state index is 0.165. The highest BCUT2D eigenvalue weighted by Crippen LogP contribution is 2.24. The number of hydrogen-bond donors (Lipinski definition) is 1. The lowest BCUT2D eigenvalue weighted by Gasteiger charge is -2.32. The van der Waals surface area contributed by atoms with Crippen molar-refractivity contribution >= 4 is 17.7 Å². The van der Waals surface area contributed by atoms with Crippen LogP contribution in [0.2, 0.25) is 0 Å². The molecule has 3 amide bonds. The van der Waals surface area contributed by atoms with Crippen LogP contribution in [0.3, 0.4) is 0 Å². The van der Waals surface area contributed by atoms with Gasteiger partial charge in [-0.1, -0.05) is 67.3 Å². The topological polar surface area (TPSA) is 128 Å². The van der Waals surface area contributed by atoms with Crippen molar-refractivity contribution in [2.24, 2.45) is 11.0 Å². The van der Waals surface area contributed by atoms with Crippen LogP contribution in [0.4, 0.5) is 0 Å². The van der Waals surface area contributed by atoms with E-state index in [0.29, 0.717) is 38.3 Å². The van der Waals surface area contributed by atoms with E-state index in [4.69, 9.17) is 11.2 Å². The summed E-state index contributed by atoms with van der Waals surface area (Å²) < 4.78 is 5.84. The van der Waals surface area contributed by atoms with Gasteiger partial charge < -0.3 is 19.9 Å². The molecule has 0 radical (unpaired) electrons. The van der Waals surface area contributed by atoms with Gasteiger partial charge in [0.15, 0.2) is 0 Å². The summed E-state index contributed by atoms with van der Waals surface area (Å²) in [5.41, 5.74) is 11.1. The van der Waals surface area contributed by atoms with Gasteiger partial charge in [0, 0.05) is 18.0 Å². The number of carbonyl (C=O) groups is 3. The molecule has 0 aliphatic carbocycles. The number of likely N-dealkylation sites (tertiary alicyclic amines) is 2. The first-order chi connectivity index (χ1) is 20.3. The van der Waals surface area contributed by atoms with Crippen molar-refractivity contribution < 1.29 is 19.1 Å². The smallest absolute Gasteiger partial charge is 0.246 e. The normalized spacial score (nSPS) is 19.5. The number of benzene rings is 2. The van der Waals surface area contributed by atoms with E-state index in [-0.39, 0.29) is 30.2 Å². The Hall–Kier alpha value is -4.48. The second-order valence-corrected chi connectivity index (χ2v) is 11.1. The number of rotatable bonds is 11. The van der Waals surface area contributed by atoms with Crippen molar-refractivity contribution in [3.63, 3.8) is 0 Å². The average molecular weight is 571 g/mol. The van der Waals surface area contributed by atoms with Crippen molar-refractivity contribution in [1.82, 2.24) is 15.1 Å². The molecule has 220 valence electrons. The third kappa shape index (κ3) is 7.42.